The van der Waals surface area contributed by atoms with E-state index in [2.05, 4.69) is 0 Å². The Bertz CT molecular complexity index is 347. The summed E-state index contributed by atoms with van der Waals surface area (Å²) in [6.07, 6.45) is 0.919. The molecule has 0 radical (unpaired) electrons. The topological polar surface area (TPSA) is 35.5 Å². The fourth-order valence-electron chi connectivity index (χ4n) is 1.36. The van der Waals surface area contributed by atoms with Crippen molar-refractivity contribution < 1.29 is 14.3 Å². The second kappa shape index (κ2) is 6.28. The van der Waals surface area contributed by atoms with Gasteiger partial charge >= 0.3 is 0 Å². The van der Waals surface area contributed by atoms with Crippen LogP contribution in [-0.2, 0) is 4.74 Å². The zero-order valence-corrected chi connectivity index (χ0v) is 10.0. The van der Waals surface area contributed by atoms with Crippen LogP contribution in [0.2, 0.25) is 0 Å². The quantitative estimate of drug-likeness (QED) is 0.694. The van der Waals surface area contributed by atoms with Crippen LogP contribution in [0.5, 0.6) is 5.75 Å². The summed E-state index contributed by atoms with van der Waals surface area (Å²) in [7, 11) is 1.67. The molecule has 1 aromatic rings. The summed E-state index contributed by atoms with van der Waals surface area (Å²) in [6, 6.07) is 7.24. The average molecular weight is 222 g/mol. The SMILES string of the molecule is COCCC(C)Oc1cccc(C(C)=O)c1. The fourth-order valence-corrected chi connectivity index (χ4v) is 1.36. The lowest BCUT2D eigenvalue weighted by atomic mass is 10.1. The molecule has 3 heteroatoms. The second-order valence-corrected chi connectivity index (χ2v) is 3.79. The smallest absolute Gasteiger partial charge is 0.159 e. The third kappa shape index (κ3) is 4.03. The van der Waals surface area contributed by atoms with E-state index in [1.165, 1.54) is 0 Å². The molecule has 3 nitrogen and oxygen atoms in total. The second-order valence-electron chi connectivity index (χ2n) is 3.79. The molecular formula is C13H18O3. The predicted octanol–water partition coefficient (Wildman–Crippen LogP) is 2.69. The highest BCUT2D eigenvalue weighted by atomic mass is 16.5. The Morgan fingerprint density at radius 1 is 1.44 bits per heavy atom. The van der Waals surface area contributed by atoms with Crippen molar-refractivity contribution in [2.45, 2.75) is 26.4 Å². The molecule has 1 aromatic carbocycles. The standard InChI is InChI=1S/C13H18O3/c1-10(7-8-15-3)16-13-6-4-5-12(9-13)11(2)14/h4-6,9-10H,7-8H2,1-3H3. The molecule has 0 heterocycles. The molecule has 16 heavy (non-hydrogen) atoms. The summed E-state index contributed by atoms with van der Waals surface area (Å²) in [5.41, 5.74) is 0.677. The molecule has 0 saturated heterocycles. The average Bonchev–Trinajstić information content (AvgIpc) is 2.26. The van der Waals surface area contributed by atoms with E-state index < -0.39 is 0 Å². The number of ether oxygens (including phenoxy) is 2. The van der Waals surface area contributed by atoms with Gasteiger partial charge < -0.3 is 9.47 Å². The highest BCUT2D eigenvalue weighted by Crippen LogP contribution is 2.16. The monoisotopic (exact) mass is 222 g/mol. The number of methoxy groups -OCH3 is 1. The van der Waals surface area contributed by atoms with E-state index in [9.17, 15) is 4.79 Å². The molecule has 0 fully saturated rings. The first-order valence-electron chi connectivity index (χ1n) is 5.40. The third-order valence-electron chi connectivity index (χ3n) is 2.31. The van der Waals surface area contributed by atoms with Gasteiger partial charge in [0.25, 0.3) is 0 Å². The normalized spacial score (nSPS) is 12.2. The molecule has 0 aromatic heterocycles. The van der Waals surface area contributed by atoms with Gasteiger partial charge in [0.15, 0.2) is 5.78 Å². The van der Waals surface area contributed by atoms with E-state index in [1.54, 1.807) is 26.2 Å². The summed E-state index contributed by atoms with van der Waals surface area (Å²) in [5, 5.41) is 0. The molecular weight excluding hydrogens is 204 g/mol. The summed E-state index contributed by atoms with van der Waals surface area (Å²) >= 11 is 0. The minimum atomic E-state index is 0.0509. The number of hydrogen-bond acceptors (Lipinski definition) is 3. The lowest BCUT2D eigenvalue weighted by Crippen LogP contribution is -2.14. The van der Waals surface area contributed by atoms with Gasteiger partial charge in [-0.2, -0.15) is 0 Å². The largest absolute Gasteiger partial charge is 0.491 e. The van der Waals surface area contributed by atoms with Crippen molar-refractivity contribution in [3.63, 3.8) is 0 Å². The molecule has 0 saturated carbocycles. The Kier molecular flexibility index (Phi) is 4.99. The molecule has 1 atom stereocenters. The minimum Gasteiger partial charge on any atom is -0.491 e. The van der Waals surface area contributed by atoms with Gasteiger partial charge in [0.2, 0.25) is 0 Å². The van der Waals surface area contributed by atoms with Crippen LogP contribution in [0.4, 0.5) is 0 Å². The van der Waals surface area contributed by atoms with Crippen LogP contribution in [0.25, 0.3) is 0 Å². The van der Waals surface area contributed by atoms with Gasteiger partial charge in [-0.15, -0.1) is 0 Å². The Balaban J connectivity index is 2.59. The van der Waals surface area contributed by atoms with E-state index in [4.69, 9.17) is 9.47 Å². The van der Waals surface area contributed by atoms with Crippen molar-refractivity contribution in [3.05, 3.63) is 29.8 Å². The molecule has 1 unspecified atom stereocenters. The Hall–Kier alpha value is -1.35. The number of carbonyl (C=O) groups is 1. The van der Waals surface area contributed by atoms with Gasteiger partial charge in [0, 0.05) is 25.7 Å². The number of hydrogen-bond donors (Lipinski definition) is 0. The molecule has 0 N–H and O–H groups in total. The van der Waals surface area contributed by atoms with Gasteiger partial charge in [-0.1, -0.05) is 12.1 Å². The molecule has 88 valence electrons. The van der Waals surface area contributed by atoms with Crippen molar-refractivity contribution in [2.24, 2.45) is 0 Å². The summed E-state index contributed by atoms with van der Waals surface area (Å²) in [6.45, 7) is 4.21. The zero-order chi connectivity index (χ0) is 12.0. The molecule has 1 rings (SSSR count). The zero-order valence-electron chi connectivity index (χ0n) is 10.0. The Morgan fingerprint density at radius 3 is 2.81 bits per heavy atom. The van der Waals surface area contributed by atoms with Crippen molar-refractivity contribution >= 4 is 5.78 Å². The van der Waals surface area contributed by atoms with Crippen LogP contribution < -0.4 is 4.74 Å². The van der Waals surface area contributed by atoms with E-state index in [-0.39, 0.29) is 11.9 Å². The van der Waals surface area contributed by atoms with E-state index in [1.807, 2.05) is 19.1 Å². The van der Waals surface area contributed by atoms with Crippen molar-refractivity contribution in [3.8, 4) is 5.75 Å². The predicted molar refractivity (Wildman–Crippen MR) is 63.0 cm³/mol. The molecule has 0 amide bonds. The van der Waals surface area contributed by atoms with Gasteiger partial charge in [-0.05, 0) is 26.0 Å². The van der Waals surface area contributed by atoms with E-state index >= 15 is 0 Å². The van der Waals surface area contributed by atoms with Crippen molar-refractivity contribution in [1.82, 2.24) is 0 Å². The van der Waals surface area contributed by atoms with Crippen LogP contribution in [0.15, 0.2) is 24.3 Å². The minimum absolute atomic E-state index is 0.0509. The fraction of sp³-hybridized carbons (Fsp3) is 0.462. The molecule has 0 spiro atoms. The first kappa shape index (κ1) is 12.7. The van der Waals surface area contributed by atoms with Crippen LogP contribution >= 0.6 is 0 Å². The molecule has 0 aliphatic rings. The third-order valence-corrected chi connectivity index (χ3v) is 2.31. The summed E-state index contributed by atoms with van der Waals surface area (Å²) in [5.74, 6) is 0.784. The van der Waals surface area contributed by atoms with E-state index in [0.29, 0.717) is 12.2 Å². The summed E-state index contributed by atoms with van der Waals surface area (Å²) in [4.78, 5) is 11.2. The highest BCUT2D eigenvalue weighted by molar-refractivity contribution is 5.94. The van der Waals surface area contributed by atoms with Crippen LogP contribution in [0, 0.1) is 0 Å². The first-order chi connectivity index (χ1) is 7.63. The van der Waals surface area contributed by atoms with Gasteiger partial charge in [-0.3, -0.25) is 4.79 Å². The maximum Gasteiger partial charge on any atom is 0.159 e. The number of Topliss-reactive ketones (excluding diaryl/α,β-unsaturated/α-hetero) is 1. The van der Waals surface area contributed by atoms with E-state index in [0.717, 1.165) is 12.2 Å². The van der Waals surface area contributed by atoms with Crippen molar-refractivity contribution in [2.75, 3.05) is 13.7 Å². The number of carbonyl (C=O) groups excluding carboxylic acids is 1. The Morgan fingerprint density at radius 2 is 2.19 bits per heavy atom. The number of ketones is 1. The maximum absolute atomic E-state index is 11.2. The maximum atomic E-state index is 11.2. The first-order valence-corrected chi connectivity index (χ1v) is 5.40. The van der Waals surface area contributed by atoms with Gasteiger partial charge in [0.1, 0.15) is 5.75 Å². The highest BCUT2D eigenvalue weighted by Gasteiger charge is 2.05. The van der Waals surface area contributed by atoms with Crippen molar-refractivity contribution in [1.29, 1.82) is 0 Å². The van der Waals surface area contributed by atoms with Crippen LogP contribution in [0.3, 0.4) is 0 Å². The van der Waals surface area contributed by atoms with Gasteiger partial charge in [-0.25, -0.2) is 0 Å². The van der Waals surface area contributed by atoms with Crippen LogP contribution in [-0.4, -0.2) is 25.6 Å². The Labute approximate surface area is 96.4 Å². The number of rotatable bonds is 6. The lowest BCUT2D eigenvalue weighted by Gasteiger charge is -2.14. The molecule has 0 bridgehead atoms. The number of benzene rings is 1. The molecule has 0 aliphatic carbocycles. The molecule has 0 aliphatic heterocycles. The lowest BCUT2D eigenvalue weighted by molar-refractivity contribution is 0.101. The summed E-state index contributed by atoms with van der Waals surface area (Å²) < 4.78 is 10.7. The van der Waals surface area contributed by atoms with Gasteiger partial charge in [0.05, 0.1) is 6.10 Å². The van der Waals surface area contributed by atoms with Crippen LogP contribution in [0.1, 0.15) is 30.6 Å².